The van der Waals surface area contributed by atoms with Gasteiger partial charge in [0.1, 0.15) is 9.88 Å². The van der Waals surface area contributed by atoms with E-state index in [4.69, 9.17) is 4.42 Å². The van der Waals surface area contributed by atoms with E-state index in [1.165, 1.54) is 6.20 Å². The van der Waals surface area contributed by atoms with Crippen molar-refractivity contribution in [2.45, 2.75) is 25.8 Å². The van der Waals surface area contributed by atoms with Crippen molar-refractivity contribution in [1.82, 2.24) is 20.2 Å². The predicted molar refractivity (Wildman–Crippen MR) is 95.2 cm³/mol. The van der Waals surface area contributed by atoms with Gasteiger partial charge in [-0.15, -0.1) is 21.5 Å². The van der Waals surface area contributed by atoms with Gasteiger partial charge in [-0.05, 0) is 6.07 Å². The largest absolute Gasteiger partial charge is 0.414 e. The second-order valence-corrected chi connectivity index (χ2v) is 8.98. The van der Waals surface area contributed by atoms with Crippen LogP contribution in [-0.2, 0) is 22.5 Å². The summed E-state index contributed by atoms with van der Waals surface area (Å²) in [6.07, 6.45) is 1.32. The summed E-state index contributed by atoms with van der Waals surface area (Å²) >= 11 is 0.933. The number of thiazole rings is 1. The van der Waals surface area contributed by atoms with Gasteiger partial charge in [-0.2, -0.15) is 8.78 Å². The molecule has 0 spiro atoms. The molecule has 29 heavy (non-hydrogen) atoms. The SMILES string of the molecule is CC(F)(F)c1cncc(N(Cc2ncc(-c3nnc(C(F)F)o3)s2)S(C)(=O)=O)c1. The van der Waals surface area contributed by atoms with E-state index in [1.807, 2.05) is 0 Å². The molecule has 0 bridgehead atoms. The van der Waals surface area contributed by atoms with Crippen molar-refractivity contribution in [2.24, 2.45) is 0 Å². The van der Waals surface area contributed by atoms with Crippen LogP contribution in [0.25, 0.3) is 10.8 Å². The molecule has 0 aromatic carbocycles. The van der Waals surface area contributed by atoms with Gasteiger partial charge in [0.15, 0.2) is 0 Å². The molecule has 0 aliphatic carbocycles. The third kappa shape index (κ3) is 4.87. The van der Waals surface area contributed by atoms with Gasteiger partial charge in [-0.25, -0.2) is 22.2 Å². The minimum Gasteiger partial charge on any atom is -0.414 e. The molecule has 0 saturated carbocycles. The monoisotopic (exact) mass is 451 g/mol. The molecule has 0 aliphatic heterocycles. The van der Waals surface area contributed by atoms with Crippen LogP contribution in [0.4, 0.5) is 23.2 Å². The van der Waals surface area contributed by atoms with Crippen molar-refractivity contribution >= 4 is 27.0 Å². The van der Waals surface area contributed by atoms with Crippen molar-refractivity contribution in [3.63, 3.8) is 0 Å². The fourth-order valence-corrected chi connectivity index (χ4v) is 3.98. The fraction of sp³-hybridized carbons (Fsp3) is 0.333. The summed E-state index contributed by atoms with van der Waals surface area (Å²) in [4.78, 5) is 7.97. The first-order valence-corrected chi connectivity index (χ1v) is 10.5. The van der Waals surface area contributed by atoms with Crippen molar-refractivity contribution in [2.75, 3.05) is 10.6 Å². The molecule has 156 valence electrons. The third-order valence-corrected chi connectivity index (χ3v) is 5.70. The highest BCUT2D eigenvalue weighted by atomic mass is 32.2. The van der Waals surface area contributed by atoms with Gasteiger partial charge >= 0.3 is 6.43 Å². The summed E-state index contributed by atoms with van der Waals surface area (Å²) in [5, 5.41) is 6.95. The van der Waals surface area contributed by atoms with Gasteiger partial charge < -0.3 is 4.42 Å². The van der Waals surface area contributed by atoms with E-state index in [0.717, 1.165) is 40.4 Å². The van der Waals surface area contributed by atoms with E-state index >= 15 is 0 Å². The number of alkyl halides is 4. The molecule has 3 aromatic heterocycles. The lowest BCUT2D eigenvalue weighted by Gasteiger charge is -2.22. The Morgan fingerprint density at radius 3 is 2.55 bits per heavy atom. The lowest BCUT2D eigenvalue weighted by Crippen LogP contribution is -2.29. The van der Waals surface area contributed by atoms with E-state index in [0.29, 0.717) is 6.92 Å². The molecule has 3 heterocycles. The van der Waals surface area contributed by atoms with Crippen LogP contribution < -0.4 is 4.31 Å². The summed E-state index contributed by atoms with van der Waals surface area (Å²) in [5.41, 5.74) is -0.519. The highest BCUT2D eigenvalue weighted by molar-refractivity contribution is 7.92. The van der Waals surface area contributed by atoms with E-state index in [1.54, 1.807) is 0 Å². The summed E-state index contributed by atoms with van der Waals surface area (Å²) in [6.45, 7) is 0.378. The lowest BCUT2D eigenvalue weighted by atomic mass is 10.1. The van der Waals surface area contributed by atoms with Crippen LogP contribution in [0.1, 0.15) is 29.8 Å². The number of anilines is 1. The molecular weight excluding hydrogens is 438 g/mol. The highest BCUT2D eigenvalue weighted by Crippen LogP contribution is 2.32. The van der Waals surface area contributed by atoms with Crippen molar-refractivity contribution in [3.05, 3.63) is 41.1 Å². The number of pyridine rings is 1. The zero-order valence-electron chi connectivity index (χ0n) is 14.9. The first-order chi connectivity index (χ1) is 13.4. The van der Waals surface area contributed by atoms with Crippen LogP contribution in [-0.4, -0.2) is 34.8 Å². The van der Waals surface area contributed by atoms with Crippen molar-refractivity contribution in [1.29, 1.82) is 0 Å². The molecule has 0 fully saturated rings. The van der Waals surface area contributed by atoms with Crippen LogP contribution in [0.2, 0.25) is 0 Å². The molecule has 0 saturated heterocycles. The number of aromatic nitrogens is 4. The first-order valence-electron chi connectivity index (χ1n) is 7.83. The summed E-state index contributed by atoms with van der Waals surface area (Å²) in [7, 11) is -3.88. The summed E-state index contributed by atoms with van der Waals surface area (Å²) in [6, 6.07) is 1.02. The fourth-order valence-electron chi connectivity index (χ4n) is 2.23. The molecular formula is C15H13F4N5O3S2. The van der Waals surface area contributed by atoms with E-state index in [9.17, 15) is 26.0 Å². The van der Waals surface area contributed by atoms with Crippen LogP contribution in [0.15, 0.2) is 29.1 Å². The molecule has 0 amide bonds. The van der Waals surface area contributed by atoms with Gasteiger partial charge in [-0.3, -0.25) is 9.29 Å². The number of halogens is 4. The molecule has 3 aromatic rings. The molecule has 8 nitrogen and oxygen atoms in total. The summed E-state index contributed by atoms with van der Waals surface area (Å²) in [5.74, 6) is -4.25. The van der Waals surface area contributed by atoms with Crippen molar-refractivity contribution < 1.29 is 30.4 Å². The Hall–Kier alpha value is -2.61. The Morgan fingerprint density at radius 2 is 1.97 bits per heavy atom. The number of hydrogen-bond donors (Lipinski definition) is 0. The standard InChI is InChI=1S/C15H13F4N5O3S2/c1-15(18,19)8-3-9(5-20-4-8)24(29(2,25)26)7-11-21-6-10(28-11)13-22-23-14(27-13)12(16)17/h3-6,12H,7H2,1-2H3. The van der Waals surface area contributed by atoms with Gasteiger partial charge in [0.25, 0.3) is 17.7 Å². The number of hydrogen-bond acceptors (Lipinski definition) is 8. The summed E-state index contributed by atoms with van der Waals surface area (Å²) < 4.78 is 82.4. The predicted octanol–water partition coefficient (Wildman–Crippen LogP) is 3.60. The van der Waals surface area contributed by atoms with Gasteiger partial charge in [0.2, 0.25) is 10.0 Å². The quantitative estimate of drug-likeness (QED) is 0.506. The molecule has 0 radical (unpaired) electrons. The topological polar surface area (TPSA) is 102 Å². The Balaban J connectivity index is 1.90. The molecule has 3 rings (SSSR count). The Labute approximate surface area is 166 Å². The second-order valence-electron chi connectivity index (χ2n) is 5.95. The molecule has 14 heteroatoms. The normalized spacial score (nSPS) is 12.5. The van der Waals surface area contributed by atoms with E-state index in [-0.39, 0.29) is 28.0 Å². The van der Waals surface area contributed by atoms with Crippen LogP contribution >= 0.6 is 11.3 Å². The number of nitrogens with zero attached hydrogens (tertiary/aromatic N) is 5. The van der Waals surface area contributed by atoms with Crippen molar-refractivity contribution in [3.8, 4) is 10.8 Å². The minimum atomic E-state index is -3.88. The third-order valence-electron chi connectivity index (χ3n) is 3.59. The van der Waals surface area contributed by atoms with Crippen LogP contribution in [0, 0.1) is 0 Å². The number of sulfonamides is 1. The molecule has 0 atom stereocenters. The average molecular weight is 451 g/mol. The maximum atomic E-state index is 13.6. The average Bonchev–Trinajstić information content (AvgIpc) is 3.27. The second kappa shape index (κ2) is 7.67. The maximum absolute atomic E-state index is 13.6. The Morgan fingerprint density at radius 1 is 1.24 bits per heavy atom. The molecule has 0 aliphatic rings. The Bertz CT molecular complexity index is 1110. The maximum Gasteiger partial charge on any atom is 0.314 e. The van der Waals surface area contributed by atoms with Gasteiger partial charge in [0.05, 0.1) is 30.9 Å². The smallest absolute Gasteiger partial charge is 0.314 e. The minimum absolute atomic E-state index is 0.0685. The molecule has 0 unspecified atom stereocenters. The van der Waals surface area contributed by atoms with Gasteiger partial charge in [0, 0.05) is 18.7 Å². The Kier molecular flexibility index (Phi) is 5.58. The zero-order valence-corrected chi connectivity index (χ0v) is 16.5. The van der Waals surface area contributed by atoms with Crippen LogP contribution in [0.3, 0.4) is 0 Å². The molecule has 0 N–H and O–H groups in total. The first kappa shape index (κ1) is 21.1. The van der Waals surface area contributed by atoms with E-state index in [2.05, 4.69) is 20.2 Å². The van der Waals surface area contributed by atoms with E-state index < -0.39 is 33.8 Å². The van der Waals surface area contributed by atoms with Crippen LogP contribution in [0.5, 0.6) is 0 Å². The highest BCUT2D eigenvalue weighted by Gasteiger charge is 2.28. The number of rotatable bonds is 7. The lowest BCUT2D eigenvalue weighted by molar-refractivity contribution is 0.0171. The van der Waals surface area contributed by atoms with Gasteiger partial charge in [-0.1, -0.05) is 0 Å². The zero-order chi connectivity index (χ0) is 21.4.